The highest BCUT2D eigenvalue weighted by molar-refractivity contribution is 5.90. The molecule has 0 aromatic heterocycles. The van der Waals surface area contributed by atoms with Gasteiger partial charge in [-0.25, -0.2) is 4.79 Å². The van der Waals surface area contributed by atoms with Crippen LogP contribution in [0.2, 0.25) is 0 Å². The minimum absolute atomic E-state index is 0.134. The van der Waals surface area contributed by atoms with Crippen LogP contribution in [0.15, 0.2) is 18.2 Å². The Bertz CT molecular complexity index is 471. The van der Waals surface area contributed by atoms with E-state index in [0.29, 0.717) is 6.54 Å². The number of urea groups is 1. The summed E-state index contributed by atoms with van der Waals surface area (Å²) in [5.74, 6) is 0. The fourth-order valence-corrected chi connectivity index (χ4v) is 2.37. The first kappa shape index (κ1) is 15.8. The number of morpholine rings is 1. The van der Waals surface area contributed by atoms with Crippen molar-refractivity contribution in [3.05, 3.63) is 29.3 Å². The quantitative estimate of drug-likeness (QED) is 0.817. The van der Waals surface area contributed by atoms with Crippen LogP contribution >= 0.6 is 0 Å². The molecule has 0 bridgehead atoms. The summed E-state index contributed by atoms with van der Waals surface area (Å²) in [6, 6.07) is 5.91. The first-order valence-electron chi connectivity index (χ1n) is 7.57. The van der Waals surface area contributed by atoms with Crippen LogP contribution in [0.3, 0.4) is 0 Å². The highest BCUT2D eigenvalue weighted by Crippen LogP contribution is 2.15. The molecule has 5 heteroatoms. The molecule has 0 radical (unpaired) electrons. The Kier molecular flexibility index (Phi) is 6.02. The lowest BCUT2D eigenvalue weighted by molar-refractivity contribution is 0.0375. The molecule has 1 saturated heterocycles. The molecular weight excluding hydrogens is 266 g/mol. The number of amides is 2. The number of hydrogen-bond acceptors (Lipinski definition) is 3. The summed E-state index contributed by atoms with van der Waals surface area (Å²) in [4.78, 5) is 14.2. The van der Waals surface area contributed by atoms with Crippen molar-refractivity contribution in [1.82, 2.24) is 10.2 Å². The number of ether oxygens (including phenoxy) is 1. The van der Waals surface area contributed by atoms with Crippen molar-refractivity contribution < 1.29 is 9.53 Å². The Morgan fingerprint density at radius 1 is 1.29 bits per heavy atom. The van der Waals surface area contributed by atoms with E-state index in [0.717, 1.165) is 56.1 Å². The number of nitrogens with zero attached hydrogens (tertiary/aromatic N) is 1. The van der Waals surface area contributed by atoms with Crippen molar-refractivity contribution in [2.24, 2.45) is 0 Å². The van der Waals surface area contributed by atoms with Gasteiger partial charge in [0, 0.05) is 25.3 Å². The number of carbonyl (C=O) groups is 1. The fourth-order valence-electron chi connectivity index (χ4n) is 2.37. The molecule has 1 heterocycles. The summed E-state index contributed by atoms with van der Waals surface area (Å²) in [6.45, 7) is 9.34. The van der Waals surface area contributed by atoms with Crippen LogP contribution in [0, 0.1) is 13.8 Å². The fraction of sp³-hybridized carbons (Fsp3) is 0.562. The maximum atomic E-state index is 11.9. The van der Waals surface area contributed by atoms with Crippen LogP contribution in [-0.2, 0) is 4.74 Å². The van der Waals surface area contributed by atoms with E-state index < -0.39 is 0 Å². The monoisotopic (exact) mass is 291 g/mol. The third kappa shape index (κ3) is 5.36. The largest absolute Gasteiger partial charge is 0.379 e. The van der Waals surface area contributed by atoms with E-state index in [9.17, 15) is 4.79 Å². The van der Waals surface area contributed by atoms with Gasteiger partial charge in [0.1, 0.15) is 0 Å². The van der Waals surface area contributed by atoms with Crippen molar-refractivity contribution in [2.45, 2.75) is 20.3 Å². The maximum absolute atomic E-state index is 11.9. The average molecular weight is 291 g/mol. The lowest BCUT2D eigenvalue weighted by Crippen LogP contribution is -2.38. The minimum Gasteiger partial charge on any atom is -0.379 e. The summed E-state index contributed by atoms with van der Waals surface area (Å²) in [5, 5.41) is 5.82. The van der Waals surface area contributed by atoms with E-state index in [1.807, 2.05) is 32.0 Å². The number of carbonyl (C=O) groups excluding carboxylic acids is 1. The van der Waals surface area contributed by atoms with Crippen LogP contribution in [0.5, 0.6) is 0 Å². The van der Waals surface area contributed by atoms with Gasteiger partial charge in [-0.1, -0.05) is 12.1 Å². The van der Waals surface area contributed by atoms with Gasteiger partial charge in [-0.3, -0.25) is 4.90 Å². The van der Waals surface area contributed by atoms with Crippen LogP contribution in [0.4, 0.5) is 10.5 Å². The van der Waals surface area contributed by atoms with Gasteiger partial charge in [0.25, 0.3) is 0 Å². The molecule has 0 saturated carbocycles. The number of anilines is 1. The van der Waals surface area contributed by atoms with Gasteiger partial charge in [-0.05, 0) is 44.0 Å². The molecule has 0 unspecified atom stereocenters. The van der Waals surface area contributed by atoms with Crippen molar-refractivity contribution in [3.8, 4) is 0 Å². The number of hydrogen-bond donors (Lipinski definition) is 2. The van der Waals surface area contributed by atoms with E-state index in [2.05, 4.69) is 15.5 Å². The Balaban J connectivity index is 1.66. The lowest BCUT2D eigenvalue weighted by atomic mass is 10.1. The van der Waals surface area contributed by atoms with Crippen molar-refractivity contribution in [1.29, 1.82) is 0 Å². The first-order valence-corrected chi connectivity index (χ1v) is 7.57. The van der Waals surface area contributed by atoms with E-state index in [1.165, 1.54) is 0 Å². The van der Waals surface area contributed by atoms with Gasteiger partial charge >= 0.3 is 6.03 Å². The molecule has 1 fully saturated rings. The summed E-state index contributed by atoms with van der Waals surface area (Å²) in [5.41, 5.74) is 3.09. The SMILES string of the molecule is Cc1ccc(C)c(NC(=O)NCCCN2CCOCC2)c1. The molecule has 116 valence electrons. The second-order valence-electron chi connectivity index (χ2n) is 5.51. The Morgan fingerprint density at radius 2 is 2.05 bits per heavy atom. The van der Waals surface area contributed by atoms with Crippen molar-refractivity contribution in [2.75, 3.05) is 44.7 Å². The van der Waals surface area contributed by atoms with E-state index >= 15 is 0 Å². The van der Waals surface area contributed by atoms with E-state index in [-0.39, 0.29) is 6.03 Å². The molecule has 1 aliphatic heterocycles. The smallest absolute Gasteiger partial charge is 0.319 e. The molecule has 0 aliphatic carbocycles. The van der Waals surface area contributed by atoms with Gasteiger partial charge in [0.2, 0.25) is 0 Å². The first-order chi connectivity index (χ1) is 10.1. The summed E-state index contributed by atoms with van der Waals surface area (Å²) < 4.78 is 5.31. The third-order valence-electron chi connectivity index (χ3n) is 3.68. The molecular formula is C16H25N3O2. The molecule has 1 aromatic rings. The average Bonchev–Trinajstić information content (AvgIpc) is 2.48. The normalized spacial score (nSPS) is 15.7. The third-order valence-corrected chi connectivity index (χ3v) is 3.68. The minimum atomic E-state index is -0.134. The molecule has 5 nitrogen and oxygen atoms in total. The van der Waals surface area contributed by atoms with Gasteiger partial charge in [-0.2, -0.15) is 0 Å². The molecule has 0 spiro atoms. The number of benzene rings is 1. The van der Waals surface area contributed by atoms with Crippen LogP contribution in [0.25, 0.3) is 0 Å². The second-order valence-corrected chi connectivity index (χ2v) is 5.51. The topological polar surface area (TPSA) is 53.6 Å². The van der Waals surface area contributed by atoms with Gasteiger partial charge in [0.05, 0.1) is 13.2 Å². The molecule has 2 amide bonds. The lowest BCUT2D eigenvalue weighted by Gasteiger charge is -2.26. The highest BCUT2D eigenvalue weighted by Gasteiger charge is 2.09. The summed E-state index contributed by atoms with van der Waals surface area (Å²) in [7, 11) is 0. The van der Waals surface area contributed by atoms with Crippen LogP contribution < -0.4 is 10.6 Å². The Labute approximate surface area is 126 Å². The standard InChI is InChI=1S/C16H25N3O2/c1-13-4-5-14(2)15(12-13)18-16(20)17-6-3-7-19-8-10-21-11-9-19/h4-5,12H,3,6-11H2,1-2H3,(H2,17,18,20). The number of rotatable bonds is 5. The van der Waals surface area contributed by atoms with Gasteiger partial charge in [0.15, 0.2) is 0 Å². The predicted octanol–water partition coefficient (Wildman–Crippen LogP) is 2.15. The predicted molar refractivity (Wildman–Crippen MR) is 84.8 cm³/mol. The zero-order chi connectivity index (χ0) is 15.1. The van der Waals surface area contributed by atoms with Crippen LogP contribution in [-0.4, -0.2) is 50.3 Å². The van der Waals surface area contributed by atoms with E-state index in [4.69, 9.17) is 4.74 Å². The molecule has 21 heavy (non-hydrogen) atoms. The molecule has 2 rings (SSSR count). The zero-order valence-electron chi connectivity index (χ0n) is 12.9. The Morgan fingerprint density at radius 3 is 2.81 bits per heavy atom. The molecule has 1 aromatic carbocycles. The van der Waals surface area contributed by atoms with Crippen molar-refractivity contribution in [3.63, 3.8) is 0 Å². The second kappa shape index (κ2) is 8.00. The highest BCUT2D eigenvalue weighted by atomic mass is 16.5. The summed E-state index contributed by atoms with van der Waals surface area (Å²) >= 11 is 0. The zero-order valence-corrected chi connectivity index (χ0v) is 12.9. The molecule has 1 aliphatic rings. The maximum Gasteiger partial charge on any atom is 0.319 e. The summed E-state index contributed by atoms with van der Waals surface area (Å²) in [6.07, 6.45) is 0.959. The van der Waals surface area contributed by atoms with Crippen LogP contribution in [0.1, 0.15) is 17.5 Å². The van der Waals surface area contributed by atoms with Crippen molar-refractivity contribution >= 4 is 11.7 Å². The number of nitrogens with one attached hydrogen (secondary N) is 2. The molecule has 0 atom stereocenters. The van der Waals surface area contributed by atoms with Gasteiger partial charge < -0.3 is 15.4 Å². The van der Waals surface area contributed by atoms with E-state index in [1.54, 1.807) is 0 Å². The number of aryl methyl sites for hydroxylation is 2. The molecule has 2 N–H and O–H groups in total. The van der Waals surface area contributed by atoms with Gasteiger partial charge in [-0.15, -0.1) is 0 Å². The Hall–Kier alpha value is -1.59.